The average Bonchev–Trinajstić information content (AvgIpc) is 2.15. The summed E-state index contributed by atoms with van der Waals surface area (Å²) in [7, 11) is 0. The van der Waals surface area contributed by atoms with Crippen LogP contribution in [0.1, 0.15) is 20.3 Å². The van der Waals surface area contributed by atoms with Gasteiger partial charge < -0.3 is 10.2 Å². The second-order valence-electron chi connectivity index (χ2n) is 4.50. The molecule has 1 aliphatic rings. The van der Waals surface area contributed by atoms with Crippen molar-refractivity contribution in [3.63, 3.8) is 0 Å². The molecule has 17 heavy (non-hydrogen) atoms. The maximum Gasteiger partial charge on any atom is 0.406 e. The van der Waals surface area contributed by atoms with Crippen LogP contribution in [0, 0.1) is 5.92 Å². The number of nitrogens with one attached hydrogen (secondary N) is 1. The van der Waals surface area contributed by atoms with Gasteiger partial charge in [-0.2, -0.15) is 13.2 Å². The Kier molecular flexibility index (Phi) is 4.00. The van der Waals surface area contributed by atoms with Gasteiger partial charge in [0, 0.05) is 0 Å². The van der Waals surface area contributed by atoms with E-state index in [1.807, 2.05) is 0 Å². The molecule has 4 nitrogen and oxygen atoms in total. The van der Waals surface area contributed by atoms with Gasteiger partial charge >= 0.3 is 6.18 Å². The topological polar surface area (TPSA) is 49.4 Å². The SMILES string of the molecule is CC(C)CC1C(=O)NCC(=O)N1CC(F)(F)F. The van der Waals surface area contributed by atoms with Crippen LogP contribution in [0.3, 0.4) is 0 Å². The van der Waals surface area contributed by atoms with Gasteiger partial charge in [-0.3, -0.25) is 9.59 Å². The third-order valence-electron chi connectivity index (χ3n) is 2.46. The zero-order valence-corrected chi connectivity index (χ0v) is 9.67. The molecule has 0 spiro atoms. The Balaban J connectivity index is 2.84. The molecule has 1 aliphatic heterocycles. The van der Waals surface area contributed by atoms with Gasteiger partial charge in [-0.25, -0.2) is 0 Å². The van der Waals surface area contributed by atoms with Crippen molar-refractivity contribution in [2.75, 3.05) is 13.1 Å². The number of carbonyl (C=O) groups excluding carboxylic acids is 2. The molecule has 1 heterocycles. The summed E-state index contributed by atoms with van der Waals surface area (Å²) in [6.45, 7) is 1.86. The molecule has 0 radical (unpaired) electrons. The molecular formula is C10H15F3N2O2. The summed E-state index contributed by atoms with van der Waals surface area (Å²) in [6.07, 6.45) is -4.25. The van der Waals surface area contributed by atoms with E-state index in [2.05, 4.69) is 5.32 Å². The minimum Gasteiger partial charge on any atom is -0.345 e. The van der Waals surface area contributed by atoms with E-state index < -0.39 is 30.6 Å². The third-order valence-corrected chi connectivity index (χ3v) is 2.46. The van der Waals surface area contributed by atoms with Crippen molar-refractivity contribution in [2.45, 2.75) is 32.5 Å². The van der Waals surface area contributed by atoms with Gasteiger partial charge in [0.25, 0.3) is 0 Å². The predicted molar refractivity (Wildman–Crippen MR) is 54.0 cm³/mol. The Bertz CT molecular complexity index is 315. The van der Waals surface area contributed by atoms with Gasteiger partial charge in [0.05, 0.1) is 6.54 Å². The molecule has 98 valence electrons. The van der Waals surface area contributed by atoms with Crippen molar-refractivity contribution >= 4 is 11.8 Å². The number of carbonyl (C=O) groups is 2. The standard InChI is InChI=1S/C10H15F3N2O2/c1-6(2)3-7-9(17)14-4-8(16)15(7)5-10(11,12)13/h6-7H,3-5H2,1-2H3,(H,14,17). The molecule has 2 amide bonds. The van der Waals surface area contributed by atoms with E-state index in [-0.39, 0.29) is 18.9 Å². The highest BCUT2D eigenvalue weighted by Crippen LogP contribution is 2.22. The van der Waals surface area contributed by atoms with Crippen LogP contribution in [0.15, 0.2) is 0 Å². The van der Waals surface area contributed by atoms with Crippen LogP contribution in [-0.4, -0.2) is 42.0 Å². The second kappa shape index (κ2) is 4.93. The molecular weight excluding hydrogens is 237 g/mol. The number of hydrogen-bond acceptors (Lipinski definition) is 2. The first-order valence-corrected chi connectivity index (χ1v) is 5.34. The molecule has 1 fully saturated rings. The number of piperazine rings is 1. The predicted octanol–water partition coefficient (Wildman–Crippen LogP) is 0.922. The smallest absolute Gasteiger partial charge is 0.345 e. The van der Waals surface area contributed by atoms with E-state index in [0.29, 0.717) is 4.90 Å². The lowest BCUT2D eigenvalue weighted by molar-refractivity contribution is -0.172. The zero-order chi connectivity index (χ0) is 13.2. The Morgan fingerprint density at radius 2 is 2.00 bits per heavy atom. The van der Waals surface area contributed by atoms with Crippen LogP contribution >= 0.6 is 0 Å². The molecule has 7 heteroatoms. The van der Waals surface area contributed by atoms with E-state index in [9.17, 15) is 22.8 Å². The van der Waals surface area contributed by atoms with Gasteiger partial charge in [-0.15, -0.1) is 0 Å². The fraction of sp³-hybridized carbons (Fsp3) is 0.800. The second-order valence-corrected chi connectivity index (χ2v) is 4.50. The number of halogens is 3. The molecule has 1 N–H and O–H groups in total. The number of amides is 2. The molecule has 0 aromatic carbocycles. The van der Waals surface area contributed by atoms with Gasteiger partial charge in [0.15, 0.2) is 0 Å². The fourth-order valence-electron chi connectivity index (χ4n) is 1.77. The van der Waals surface area contributed by atoms with Crippen molar-refractivity contribution in [3.8, 4) is 0 Å². The molecule has 1 saturated heterocycles. The number of nitrogens with zero attached hydrogens (tertiary/aromatic N) is 1. The van der Waals surface area contributed by atoms with Crippen molar-refractivity contribution < 1.29 is 22.8 Å². The Morgan fingerprint density at radius 3 is 2.47 bits per heavy atom. The fourth-order valence-corrected chi connectivity index (χ4v) is 1.77. The average molecular weight is 252 g/mol. The summed E-state index contributed by atoms with van der Waals surface area (Å²) in [6, 6.07) is -1.02. The van der Waals surface area contributed by atoms with E-state index in [0.717, 1.165) is 0 Å². The molecule has 1 unspecified atom stereocenters. The van der Waals surface area contributed by atoms with E-state index >= 15 is 0 Å². The lowest BCUT2D eigenvalue weighted by atomic mass is 10.00. The molecule has 1 atom stereocenters. The summed E-state index contributed by atoms with van der Waals surface area (Å²) in [5.41, 5.74) is 0. The molecule has 0 aromatic rings. The minimum absolute atomic E-state index is 0.0346. The molecule has 0 saturated carbocycles. The van der Waals surface area contributed by atoms with Gasteiger partial charge in [-0.1, -0.05) is 13.8 Å². The quantitative estimate of drug-likeness (QED) is 0.812. The van der Waals surface area contributed by atoms with Crippen molar-refractivity contribution in [2.24, 2.45) is 5.92 Å². The van der Waals surface area contributed by atoms with Crippen LogP contribution in [0.5, 0.6) is 0 Å². The molecule has 0 aromatic heterocycles. The normalized spacial score (nSPS) is 22.0. The zero-order valence-electron chi connectivity index (χ0n) is 9.67. The van der Waals surface area contributed by atoms with Gasteiger partial charge in [0.1, 0.15) is 12.6 Å². The summed E-state index contributed by atoms with van der Waals surface area (Å²) < 4.78 is 37.0. The highest BCUT2D eigenvalue weighted by atomic mass is 19.4. The maximum atomic E-state index is 12.3. The molecule has 1 rings (SSSR count). The highest BCUT2D eigenvalue weighted by molar-refractivity contribution is 5.94. The lowest BCUT2D eigenvalue weighted by Crippen LogP contribution is -2.60. The first kappa shape index (κ1) is 13.8. The van der Waals surface area contributed by atoms with Crippen LogP contribution in [-0.2, 0) is 9.59 Å². The minimum atomic E-state index is -4.48. The van der Waals surface area contributed by atoms with Crippen LogP contribution in [0.25, 0.3) is 0 Å². The Morgan fingerprint density at radius 1 is 1.41 bits per heavy atom. The van der Waals surface area contributed by atoms with Crippen LogP contribution < -0.4 is 5.32 Å². The first-order valence-electron chi connectivity index (χ1n) is 5.34. The summed E-state index contributed by atoms with van der Waals surface area (Å²) in [4.78, 5) is 23.5. The molecule has 0 aliphatic carbocycles. The first-order chi connectivity index (χ1) is 7.70. The van der Waals surface area contributed by atoms with E-state index in [1.165, 1.54) is 0 Å². The highest BCUT2D eigenvalue weighted by Gasteiger charge is 2.41. The van der Waals surface area contributed by atoms with Crippen LogP contribution in [0.2, 0.25) is 0 Å². The summed E-state index contributed by atoms with van der Waals surface area (Å²) in [5, 5.41) is 2.31. The van der Waals surface area contributed by atoms with Gasteiger partial charge in [-0.05, 0) is 12.3 Å². The van der Waals surface area contributed by atoms with E-state index in [4.69, 9.17) is 0 Å². The Labute approximate surface area is 97.1 Å². The lowest BCUT2D eigenvalue weighted by Gasteiger charge is -2.36. The number of hydrogen-bond donors (Lipinski definition) is 1. The third kappa shape index (κ3) is 3.90. The van der Waals surface area contributed by atoms with Crippen molar-refractivity contribution in [1.29, 1.82) is 0 Å². The largest absolute Gasteiger partial charge is 0.406 e. The van der Waals surface area contributed by atoms with Crippen LogP contribution in [0.4, 0.5) is 13.2 Å². The number of rotatable bonds is 3. The maximum absolute atomic E-state index is 12.3. The van der Waals surface area contributed by atoms with E-state index in [1.54, 1.807) is 13.8 Å². The summed E-state index contributed by atoms with van der Waals surface area (Å²) >= 11 is 0. The summed E-state index contributed by atoms with van der Waals surface area (Å²) in [5.74, 6) is -1.16. The van der Waals surface area contributed by atoms with Gasteiger partial charge in [0.2, 0.25) is 11.8 Å². The molecule has 0 bridgehead atoms. The monoisotopic (exact) mass is 252 g/mol. The van der Waals surface area contributed by atoms with Crippen molar-refractivity contribution in [1.82, 2.24) is 10.2 Å². The number of alkyl halides is 3. The van der Waals surface area contributed by atoms with Crippen molar-refractivity contribution in [3.05, 3.63) is 0 Å². The Hall–Kier alpha value is -1.27.